The molecule has 0 saturated heterocycles. The van der Waals surface area contributed by atoms with E-state index in [1.807, 2.05) is 10.8 Å². The number of hydrogen-bond donors (Lipinski definition) is 1. The van der Waals surface area contributed by atoms with Gasteiger partial charge in [-0.05, 0) is 43.0 Å². The van der Waals surface area contributed by atoms with Gasteiger partial charge in [-0.1, -0.05) is 6.42 Å². The molecule has 1 aliphatic heterocycles. The number of nitrogens with zero attached hydrogens (tertiary/aromatic N) is 3. The number of unbranched alkanes of at least 4 members (excludes halogenated alkanes) is 2. The Morgan fingerprint density at radius 3 is 2.85 bits per heavy atom. The summed E-state index contributed by atoms with van der Waals surface area (Å²) in [7, 11) is -3.52. The van der Waals surface area contributed by atoms with Crippen LogP contribution in [0, 0.1) is 0 Å². The molecular weight excluding hydrogens is 352 g/mol. The van der Waals surface area contributed by atoms with Crippen molar-refractivity contribution in [1.29, 1.82) is 0 Å². The van der Waals surface area contributed by atoms with Crippen LogP contribution in [0.3, 0.4) is 0 Å². The molecule has 8 heteroatoms. The van der Waals surface area contributed by atoms with Crippen molar-refractivity contribution in [1.82, 2.24) is 14.3 Å². The third kappa shape index (κ3) is 4.31. The molecule has 0 spiro atoms. The molecular formula is C18H24N4O3S. The average Bonchev–Trinajstić information content (AvgIpc) is 3.26. The van der Waals surface area contributed by atoms with E-state index in [9.17, 15) is 13.2 Å². The number of aromatic nitrogens is 2. The second-order valence-corrected chi connectivity index (χ2v) is 8.24. The summed E-state index contributed by atoms with van der Waals surface area (Å²) >= 11 is 0. The number of hydrogen-bond acceptors (Lipinski definition) is 4. The van der Waals surface area contributed by atoms with Crippen LogP contribution in [0.4, 0.5) is 5.69 Å². The molecule has 0 aliphatic carbocycles. The Bertz CT molecular complexity index is 863. The zero-order valence-electron chi connectivity index (χ0n) is 14.9. The molecule has 1 aliphatic rings. The Balaban J connectivity index is 1.50. The fourth-order valence-electron chi connectivity index (χ4n) is 3.18. The molecule has 0 bridgehead atoms. The highest BCUT2D eigenvalue weighted by molar-refractivity contribution is 7.89. The highest BCUT2D eigenvalue weighted by atomic mass is 32.2. The van der Waals surface area contributed by atoms with Crippen molar-refractivity contribution >= 4 is 21.6 Å². The van der Waals surface area contributed by atoms with Gasteiger partial charge in [0.05, 0.1) is 11.2 Å². The molecule has 0 atom stereocenters. The third-order valence-electron chi connectivity index (χ3n) is 4.58. The minimum Gasteiger partial charge on any atom is -0.337 e. The summed E-state index contributed by atoms with van der Waals surface area (Å²) < 4.78 is 29.6. The number of imidazole rings is 1. The molecule has 2 aromatic rings. The van der Waals surface area contributed by atoms with E-state index in [1.54, 1.807) is 35.6 Å². The summed E-state index contributed by atoms with van der Waals surface area (Å²) in [5.74, 6) is -0.0202. The molecule has 26 heavy (non-hydrogen) atoms. The third-order valence-corrected chi connectivity index (χ3v) is 6.04. The first-order valence-corrected chi connectivity index (χ1v) is 10.3. The zero-order valence-corrected chi connectivity index (χ0v) is 15.7. The molecule has 1 N–H and O–H groups in total. The highest BCUT2D eigenvalue weighted by Gasteiger charge is 2.24. The molecule has 3 rings (SSSR count). The van der Waals surface area contributed by atoms with Crippen molar-refractivity contribution in [3.8, 4) is 0 Å². The van der Waals surface area contributed by atoms with Crippen LogP contribution in [0.25, 0.3) is 0 Å². The van der Waals surface area contributed by atoms with Gasteiger partial charge in [-0.15, -0.1) is 0 Å². The summed E-state index contributed by atoms with van der Waals surface area (Å²) in [6.07, 6.45) is 8.85. The normalized spacial score (nSPS) is 13.8. The van der Waals surface area contributed by atoms with E-state index in [0.29, 0.717) is 19.5 Å². The number of rotatable bonds is 8. The van der Waals surface area contributed by atoms with Crippen molar-refractivity contribution in [2.24, 2.45) is 0 Å². The fourth-order valence-corrected chi connectivity index (χ4v) is 4.30. The van der Waals surface area contributed by atoms with Gasteiger partial charge >= 0.3 is 0 Å². The maximum absolute atomic E-state index is 12.5. The molecule has 140 valence electrons. The van der Waals surface area contributed by atoms with Crippen molar-refractivity contribution in [3.63, 3.8) is 0 Å². The molecule has 1 aromatic carbocycles. The van der Waals surface area contributed by atoms with Crippen LogP contribution in [0.1, 0.15) is 31.7 Å². The number of aryl methyl sites for hydroxylation is 1. The van der Waals surface area contributed by atoms with Crippen LogP contribution in [-0.4, -0.2) is 37.0 Å². The van der Waals surface area contributed by atoms with Gasteiger partial charge in [0.15, 0.2) is 0 Å². The first-order valence-electron chi connectivity index (χ1n) is 8.84. The van der Waals surface area contributed by atoms with Gasteiger partial charge in [-0.25, -0.2) is 18.1 Å². The van der Waals surface area contributed by atoms with Gasteiger partial charge in [-0.2, -0.15) is 0 Å². The second-order valence-electron chi connectivity index (χ2n) is 6.47. The highest BCUT2D eigenvalue weighted by Crippen LogP contribution is 2.30. The topological polar surface area (TPSA) is 84.3 Å². The lowest BCUT2D eigenvalue weighted by Crippen LogP contribution is -2.26. The molecule has 0 radical (unpaired) electrons. The first kappa shape index (κ1) is 18.6. The monoisotopic (exact) mass is 376 g/mol. The average molecular weight is 376 g/mol. The van der Waals surface area contributed by atoms with Gasteiger partial charge in [0, 0.05) is 44.6 Å². The summed E-state index contributed by atoms with van der Waals surface area (Å²) in [6.45, 7) is 3.44. The predicted molar refractivity (Wildman–Crippen MR) is 99.4 cm³/mol. The van der Waals surface area contributed by atoms with Crippen LogP contribution in [0.2, 0.25) is 0 Å². The van der Waals surface area contributed by atoms with Crippen molar-refractivity contribution in [3.05, 3.63) is 42.5 Å². The van der Waals surface area contributed by atoms with Crippen molar-refractivity contribution in [2.45, 2.75) is 44.0 Å². The van der Waals surface area contributed by atoms with E-state index in [4.69, 9.17) is 0 Å². The van der Waals surface area contributed by atoms with Crippen LogP contribution in [0.5, 0.6) is 0 Å². The Morgan fingerprint density at radius 1 is 1.27 bits per heavy atom. The number of carbonyl (C=O) groups is 1. The summed E-state index contributed by atoms with van der Waals surface area (Å²) in [5, 5.41) is 0. The Labute approximate surface area is 154 Å². The van der Waals surface area contributed by atoms with Gasteiger partial charge in [0.2, 0.25) is 15.9 Å². The first-order chi connectivity index (χ1) is 12.5. The number of carbonyl (C=O) groups excluding carboxylic acids is 1. The molecule has 0 saturated carbocycles. The zero-order chi connectivity index (χ0) is 18.6. The van der Waals surface area contributed by atoms with Crippen molar-refractivity contribution < 1.29 is 13.2 Å². The molecule has 0 unspecified atom stereocenters. The second kappa shape index (κ2) is 8.01. The van der Waals surface area contributed by atoms with E-state index in [-0.39, 0.29) is 10.8 Å². The molecule has 2 heterocycles. The lowest BCUT2D eigenvalue weighted by molar-refractivity contribution is -0.116. The maximum atomic E-state index is 12.5. The number of anilines is 1. The predicted octanol–water partition coefficient (Wildman–Crippen LogP) is 1.94. The maximum Gasteiger partial charge on any atom is 0.240 e. The Hall–Kier alpha value is -2.19. The minimum atomic E-state index is -3.52. The molecule has 1 aromatic heterocycles. The number of sulfonamides is 1. The van der Waals surface area contributed by atoms with Crippen LogP contribution >= 0.6 is 0 Å². The Morgan fingerprint density at radius 2 is 2.12 bits per heavy atom. The smallest absolute Gasteiger partial charge is 0.240 e. The lowest BCUT2D eigenvalue weighted by Gasteiger charge is -2.15. The fraction of sp³-hybridized carbons (Fsp3) is 0.444. The minimum absolute atomic E-state index is 0.0202. The van der Waals surface area contributed by atoms with Crippen LogP contribution in [-0.2, 0) is 27.8 Å². The molecule has 7 nitrogen and oxygen atoms in total. The largest absolute Gasteiger partial charge is 0.337 e. The molecule has 0 fully saturated rings. The molecule has 1 amide bonds. The quantitative estimate of drug-likeness (QED) is 0.714. The Kier molecular flexibility index (Phi) is 5.73. The van der Waals surface area contributed by atoms with E-state index in [2.05, 4.69) is 9.71 Å². The van der Waals surface area contributed by atoms with E-state index < -0.39 is 10.0 Å². The SMILES string of the molecule is CC(=O)N1CCc2cc(S(=O)(=O)NCCCCCn3ccnc3)ccc21. The van der Waals surface area contributed by atoms with Gasteiger partial charge in [0.25, 0.3) is 0 Å². The summed E-state index contributed by atoms with van der Waals surface area (Å²) in [4.78, 5) is 17.5. The number of fused-ring (bicyclic) bond motifs is 1. The lowest BCUT2D eigenvalue weighted by atomic mass is 10.2. The van der Waals surface area contributed by atoms with E-state index >= 15 is 0 Å². The summed E-state index contributed by atoms with van der Waals surface area (Å²) in [6, 6.07) is 4.98. The summed E-state index contributed by atoms with van der Waals surface area (Å²) in [5.41, 5.74) is 1.72. The van der Waals surface area contributed by atoms with Crippen molar-refractivity contribution in [2.75, 3.05) is 18.0 Å². The van der Waals surface area contributed by atoms with Crippen LogP contribution in [0.15, 0.2) is 41.8 Å². The van der Waals surface area contributed by atoms with Gasteiger partial charge in [0.1, 0.15) is 0 Å². The van der Waals surface area contributed by atoms with Gasteiger partial charge < -0.3 is 9.47 Å². The number of nitrogens with one attached hydrogen (secondary N) is 1. The van der Waals surface area contributed by atoms with Gasteiger partial charge in [-0.3, -0.25) is 4.79 Å². The van der Waals surface area contributed by atoms with Crippen LogP contribution < -0.4 is 9.62 Å². The number of benzene rings is 1. The van der Waals surface area contributed by atoms with E-state index in [0.717, 1.165) is 37.1 Å². The standard InChI is InChI=1S/C18H24N4O3S/c1-15(23)22-11-7-16-13-17(5-6-18(16)22)26(24,25)20-8-3-2-4-10-21-12-9-19-14-21/h5-6,9,12-14,20H,2-4,7-8,10-11H2,1H3. The number of amides is 1. The van der Waals surface area contributed by atoms with E-state index in [1.165, 1.54) is 6.92 Å².